The number of ether oxygens (including phenoxy) is 1. The molecule has 0 saturated carbocycles. The Morgan fingerprint density at radius 2 is 1.61 bits per heavy atom. The lowest BCUT2D eigenvalue weighted by atomic mass is 10.1. The molecule has 3 aromatic carbocycles. The molecule has 1 aliphatic heterocycles. The molecule has 5 rings (SSSR count). The molecule has 2 heterocycles. The van der Waals surface area contributed by atoms with Crippen LogP contribution < -0.4 is 25.4 Å². The molecule has 4 N–H and O–H groups in total. The molecule has 46 heavy (non-hydrogen) atoms. The monoisotopic (exact) mass is 643 g/mol. The minimum atomic E-state index is -3.70. The van der Waals surface area contributed by atoms with Crippen molar-refractivity contribution in [2.24, 2.45) is 0 Å². The Morgan fingerprint density at radius 1 is 0.913 bits per heavy atom. The summed E-state index contributed by atoms with van der Waals surface area (Å²) < 4.78 is 34.1. The molecule has 1 aliphatic rings. The molecule has 0 spiro atoms. The van der Waals surface area contributed by atoms with E-state index in [1.807, 2.05) is 31.2 Å². The minimum Gasteiger partial charge on any atom is -0.492 e. The van der Waals surface area contributed by atoms with Crippen LogP contribution in [0.5, 0.6) is 5.75 Å². The number of likely N-dealkylation sites (tertiary alicyclic amines) is 1. The third-order valence-corrected chi connectivity index (χ3v) is 8.97. The van der Waals surface area contributed by atoms with Crippen molar-refractivity contribution in [3.63, 3.8) is 0 Å². The first kappa shape index (κ1) is 32.9. The van der Waals surface area contributed by atoms with Crippen molar-refractivity contribution in [2.75, 3.05) is 42.2 Å². The van der Waals surface area contributed by atoms with Gasteiger partial charge in [0, 0.05) is 46.5 Å². The molecule has 1 fully saturated rings. The molecule has 11 nitrogen and oxygen atoms in total. The summed E-state index contributed by atoms with van der Waals surface area (Å²) in [4.78, 5) is 24.4. The molecular weight excluding hydrogens is 602 g/mol. The highest BCUT2D eigenvalue weighted by Gasteiger charge is 2.22. The fourth-order valence-electron chi connectivity index (χ4n) is 4.94. The summed E-state index contributed by atoms with van der Waals surface area (Å²) in [6, 6.07) is 20.9. The first-order chi connectivity index (χ1) is 21.9. The predicted octanol–water partition coefficient (Wildman–Crippen LogP) is 6.08. The smallest absolute Gasteiger partial charge is 0.255 e. The van der Waals surface area contributed by atoms with E-state index in [0.717, 1.165) is 30.9 Å². The number of carbonyl (C=O) groups is 1. The summed E-state index contributed by atoms with van der Waals surface area (Å²) in [5.41, 5.74) is 2.62. The lowest BCUT2D eigenvalue weighted by Crippen LogP contribution is -2.40. The number of aryl methyl sites for hydroxylation is 1. The van der Waals surface area contributed by atoms with Crippen LogP contribution in [0.25, 0.3) is 0 Å². The van der Waals surface area contributed by atoms with Crippen molar-refractivity contribution >= 4 is 44.8 Å². The largest absolute Gasteiger partial charge is 0.492 e. The Kier molecular flexibility index (Phi) is 10.2. The molecule has 1 aromatic heterocycles. The lowest BCUT2D eigenvalue weighted by Gasteiger charge is -2.20. The van der Waals surface area contributed by atoms with Gasteiger partial charge in [-0.25, -0.2) is 18.1 Å². The molecule has 1 saturated heterocycles. The van der Waals surface area contributed by atoms with Gasteiger partial charge in [0.2, 0.25) is 16.0 Å². The lowest BCUT2D eigenvalue weighted by molar-refractivity contribution is 0.102. The normalized spacial score (nSPS) is 13.7. The summed E-state index contributed by atoms with van der Waals surface area (Å²) in [6.07, 6.45) is 4.20. The first-order valence-corrected chi connectivity index (χ1v) is 16.8. The maximum absolute atomic E-state index is 12.9. The number of carbonyl (C=O) groups excluding carboxylic acids is 1. The van der Waals surface area contributed by atoms with Gasteiger partial charge in [0.25, 0.3) is 5.91 Å². The van der Waals surface area contributed by atoms with E-state index in [4.69, 9.17) is 4.74 Å². The van der Waals surface area contributed by atoms with Crippen LogP contribution >= 0.6 is 0 Å². The van der Waals surface area contributed by atoms with Crippen molar-refractivity contribution < 1.29 is 17.9 Å². The van der Waals surface area contributed by atoms with Gasteiger partial charge >= 0.3 is 0 Å². The zero-order chi connectivity index (χ0) is 32.7. The molecular formula is C34H41N7O4S. The first-order valence-electron chi connectivity index (χ1n) is 15.3. The number of hydrogen-bond acceptors (Lipinski definition) is 9. The van der Waals surface area contributed by atoms with Crippen LogP contribution in [0, 0.1) is 6.92 Å². The Morgan fingerprint density at radius 3 is 2.30 bits per heavy atom. The van der Waals surface area contributed by atoms with Gasteiger partial charge in [-0.05, 0) is 120 Å². The Hall–Kier alpha value is -4.52. The van der Waals surface area contributed by atoms with E-state index in [9.17, 15) is 13.2 Å². The van der Waals surface area contributed by atoms with E-state index < -0.39 is 15.6 Å². The fraction of sp³-hybridized carbons (Fsp3) is 0.324. The summed E-state index contributed by atoms with van der Waals surface area (Å²) >= 11 is 0. The maximum Gasteiger partial charge on any atom is 0.255 e. The average Bonchev–Trinajstić information content (AvgIpc) is 3.53. The molecule has 1 amide bonds. The number of anilines is 5. The van der Waals surface area contributed by atoms with Crippen molar-refractivity contribution in [3.8, 4) is 5.75 Å². The Labute approximate surface area is 270 Å². The van der Waals surface area contributed by atoms with Crippen LogP contribution in [-0.4, -0.2) is 61.0 Å². The number of aromatic nitrogens is 2. The van der Waals surface area contributed by atoms with Gasteiger partial charge in [-0.3, -0.25) is 9.69 Å². The molecule has 0 unspecified atom stereocenters. The molecule has 0 bridgehead atoms. The molecule has 242 valence electrons. The Balaban J connectivity index is 1.16. The number of hydrogen-bond donors (Lipinski definition) is 4. The van der Waals surface area contributed by atoms with Crippen LogP contribution in [0.2, 0.25) is 0 Å². The SMILES string of the molecule is Cc1cnc(Nc2ccc(C(=O)Nc3ccc(OCCN4CCCC4)cc3)cc2)nc1Nc1cccc(S(=O)(=O)NC(C)(C)C)c1. The standard InChI is InChI=1S/C34H41N7O4S/c1-24-23-35-33(39-31(24)36-28-8-7-9-30(22-28)46(43,44)40-34(2,3)4)38-27-12-10-25(11-13-27)32(42)37-26-14-16-29(17-15-26)45-21-20-41-18-5-6-19-41/h7-17,22-23,40H,5-6,18-21H2,1-4H3,(H,37,42)(H2,35,36,38,39). The fourth-order valence-corrected chi connectivity index (χ4v) is 6.40. The van der Waals surface area contributed by atoms with Crippen LogP contribution in [0.4, 0.5) is 28.8 Å². The number of benzene rings is 3. The Bertz CT molecular complexity index is 1750. The quantitative estimate of drug-likeness (QED) is 0.145. The zero-order valence-corrected chi connectivity index (χ0v) is 27.4. The van der Waals surface area contributed by atoms with Gasteiger partial charge in [-0.15, -0.1) is 0 Å². The molecule has 0 atom stereocenters. The van der Waals surface area contributed by atoms with E-state index in [1.165, 1.54) is 12.8 Å². The van der Waals surface area contributed by atoms with Crippen LogP contribution in [0.3, 0.4) is 0 Å². The molecule has 4 aromatic rings. The summed E-state index contributed by atoms with van der Waals surface area (Å²) in [6.45, 7) is 11.1. The molecule has 0 radical (unpaired) electrons. The summed E-state index contributed by atoms with van der Waals surface area (Å²) in [7, 11) is -3.70. The number of sulfonamides is 1. The maximum atomic E-state index is 12.9. The number of nitrogens with zero attached hydrogens (tertiary/aromatic N) is 3. The summed E-state index contributed by atoms with van der Waals surface area (Å²) in [5.74, 6) is 1.41. The van der Waals surface area contributed by atoms with Crippen molar-refractivity contribution in [1.82, 2.24) is 19.6 Å². The van der Waals surface area contributed by atoms with E-state index >= 15 is 0 Å². The van der Waals surface area contributed by atoms with Gasteiger partial charge in [-0.1, -0.05) is 6.07 Å². The van der Waals surface area contributed by atoms with Crippen LogP contribution in [-0.2, 0) is 10.0 Å². The van der Waals surface area contributed by atoms with Crippen LogP contribution in [0.15, 0.2) is 83.9 Å². The summed E-state index contributed by atoms with van der Waals surface area (Å²) in [5, 5.41) is 9.28. The van der Waals surface area contributed by atoms with Crippen molar-refractivity contribution in [2.45, 2.75) is 51.0 Å². The highest BCUT2D eigenvalue weighted by atomic mass is 32.2. The van der Waals surface area contributed by atoms with Crippen LogP contribution in [0.1, 0.15) is 49.5 Å². The van der Waals surface area contributed by atoms with Gasteiger partial charge in [-0.2, -0.15) is 4.98 Å². The molecule has 0 aliphatic carbocycles. The van der Waals surface area contributed by atoms with Gasteiger partial charge in [0.05, 0.1) is 4.90 Å². The number of rotatable bonds is 12. The minimum absolute atomic E-state index is 0.149. The van der Waals surface area contributed by atoms with Crippen molar-refractivity contribution in [1.29, 1.82) is 0 Å². The van der Waals surface area contributed by atoms with E-state index in [1.54, 1.807) is 75.5 Å². The van der Waals surface area contributed by atoms with E-state index in [2.05, 4.69) is 35.5 Å². The third-order valence-electron chi connectivity index (χ3n) is 7.21. The predicted molar refractivity (Wildman–Crippen MR) is 182 cm³/mol. The van der Waals surface area contributed by atoms with E-state index in [0.29, 0.717) is 41.0 Å². The second-order valence-corrected chi connectivity index (χ2v) is 14.0. The second kappa shape index (κ2) is 14.3. The van der Waals surface area contributed by atoms with Gasteiger partial charge in [0.15, 0.2) is 0 Å². The topological polar surface area (TPSA) is 138 Å². The molecule has 12 heteroatoms. The van der Waals surface area contributed by atoms with Gasteiger partial charge in [0.1, 0.15) is 18.2 Å². The van der Waals surface area contributed by atoms with E-state index in [-0.39, 0.29) is 10.8 Å². The highest BCUT2D eigenvalue weighted by molar-refractivity contribution is 7.89. The number of amides is 1. The second-order valence-electron chi connectivity index (χ2n) is 12.3. The number of nitrogens with one attached hydrogen (secondary N) is 4. The highest BCUT2D eigenvalue weighted by Crippen LogP contribution is 2.24. The third kappa shape index (κ3) is 9.25. The average molecular weight is 644 g/mol. The zero-order valence-electron chi connectivity index (χ0n) is 26.6. The van der Waals surface area contributed by atoms with Gasteiger partial charge < -0.3 is 20.7 Å². The van der Waals surface area contributed by atoms with Crippen molar-refractivity contribution in [3.05, 3.63) is 90.1 Å².